The molecule has 57 heavy (non-hydrogen) atoms. The van der Waals surface area contributed by atoms with Crippen molar-refractivity contribution < 1.29 is 29.3 Å². The summed E-state index contributed by atoms with van der Waals surface area (Å²) < 4.78 is 12.6. The van der Waals surface area contributed by atoms with E-state index in [1.807, 2.05) is 12.1 Å². The van der Waals surface area contributed by atoms with Crippen molar-refractivity contribution in [2.75, 3.05) is 6.54 Å². The minimum atomic E-state index is -1.05. The van der Waals surface area contributed by atoms with E-state index in [-0.39, 0.29) is 19.6 Å². The van der Waals surface area contributed by atoms with Crippen LogP contribution < -0.4 is 14.8 Å². The number of rotatable bonds is 18. The molecule has 0 unspecified atom stereocenters. The van der Waals surface area contributed by atoms with Gasteiger partial charge in [-0.2, -0.15) is 5.26 Å². The number of pyridine rings is 1. The van der Waals surface area contributed by atoms with Gasteiger partial charge < -0.3 is 25.0 Å². The standard InChI is InChI=1S/C47H48ClN3O6/c1-30-38(7-4-10-42(30)43-11-5-9-41(31(43)2)36-15-12-32(13-16-36)24-50-25-33-14-17-40(53)19-33)29-57-46-22-45(56-28-35-18-34(23-49)26-51-27-35)37(20-44(46)48)6-3-8-39(52)21-47(54)55/h4-5,7,9-13,15-16,18,20,22,26-27,33,39,50,52H,3,6,8,14,17,19,21,24-25,28-29H2,1-2H3,(H,54,55)/t33-,39-/m1/s1. The number of nitrogens with zero attached hydrogens (tertiary/aromatic N) is 2. The number of Topliss-reactive ketones (excluding diaryl/α,β-unsaturated/α-hetero) is 1. The average molecular weight is 786 g/mol. The molecule has 3 N–H and O–H groups in total. The van der Waals surface area contributed by atoms with Crippen molar-refractivity contribution in [3.8, 4) is 39.8 Å². The number of aromatic nitrogens is 1. The smallest absolute Gasteiger partial charge is 0.305 e. The number of halogens is 1. The number of aliphatic carboxylic acids is 1. The first kappa shape index (κ1) is 41.1. The van der Waals surface area contributed by atoms with Crippen LogP contribution in [-0.4, -0.2) is 39.6 Å². The van der Waals surface area contributed by atoms with E-state index in [0.717, 1.165) is 58.5 Å². The average Bonchev–Trinajstić information content (AvgIpc) is 3.62. The molecule has 1 aliphatic carbocycles. The van der Waals surface area contributed by atoms with Crippen LogP contribution >= 0.6 is 11.6 Å². The van der Waals surface area contributed by atoms with Crippen LogP contribution in [-0.2, 0) is 35.8 Å². The lowest BCUT2D eigenvalue weighted by molar-refractivity contribution is -0.139. The number of aryl methyl sites for hydroxylation is 1. The number of benzene rings is 4. The topological polar surface area (TPSA) is 142 Å². The summed E-state index contributed by atoms with van der Waals surface area (Å²) in [7, 11) is 0. The van der Waals surface area contributed by atoms with Gasteiger partial charge in [0.25, 0.3) is 0 Å². The number of carbonyl (C=O) groups is 2. The lowest BCUT2D eigenvalue weighted by Gasteiger charge is -2.18. The third-order valence-corrected chi connectivity index (χ3v) is 11.0. The van der Waals surface area contributed by atoms with Crippen LogP contribution in [0.1, 0.15) is 77.5 Å². The van der Waals surface area contributed by atoms with Crippen LogP contribution in [0.25, 0.3) is 22.3 Å². The fraction of sp³-hybridized carbons (Fsp3) is 0.319. The third-order valence-electron chi connectivity index (χ3n) is 10.7. The highest BCUT2D eigenvalue weighted by molar-refractivity contribution is 6.32. The quantitative estimate of drug-likeness (QED) is 0.0792. The molecule has 9 nitrogen and oxygen atoms in total. The van der Waals surface area contributed by atoms with Crippen LogP contribution in [0, 0.1) is 31.1 Å². The Kier molecular flexibility index (Phi) is 14.1. The van der Waals surface area contributed by atoms with E-state index in [1.165, 1.54) is 22.9 Å². The second-order valence-electron chi connectivity index (χ2n) is 14.8. The fourth-order valence-electron chi connectivity index (χ4n) is 7.45. The summed E-state index contributed by atoms with van der Waals surface area (Å²) in [5.74, 6) is 0.768. The van der Waals surface area contributed by atoms with Gasteiger partial charge in [0.05, 0.1) is 23.1 Å². The van der Waals surface area contributed by atoms with Gasteiger partial charge >= 0.3 is 5.97 Å². The van der Waals surface area contributed by atoms with E-state index < -0.39 is 12.1 Å². The molecule has 5 aromatic rings. The number of aliphatic hydroxyl groups is 1. The van der Waals surface area contributed by atoms with Crippen LogP contribution in [0.5, 0.6) is 11.5 Å². The number of carboxylic acid groups (broad SMARTS) is 1. The minimum Gasteiger partial charge on any atom is -0.488 e. The van der Waals surface area contributed by atoms with Crippen LogP contribution in [0.15, 0.2) is 91.3 Å². The molecule has 0 amide bonds. The Bertz CT molecular complexity index is 2250. The Balaban J connectivity index is 1.16. The Labute approximate surface area is 339 Å². The predicted molar refractivity (Wildman–Crippen MR) is 221 cm³/mol. The Morgan fingerprint density at radius 1 is 0.930 bits per heavy atom. The third kappa shape index (κ3) is 11.1. The van der Waals surface area contributed by atoms with Crippen LogP contribution in [0.3, 0.4) is 0 Å². The second-order valence-corrected chi connectivity index (χ2v) is 15.3. The van der Waals surface area contributed by atoms with Gasteiger partial charge in [0.15, 0.2) is 0 Å². The summed E-state index contributed by atoms with van der Waals surface area (Å²) >= 11 is 6.80. The molecule has 294 valence electrons. The van der Waals surface area contributed by atoms with Gasteiger partial charge in [-0.25, -0.2) is 0 Å². The highest BCUT2D eigenvalue weighted by Gasteiger charge is 2.21. The number of hydrogen-bond acceptors (Lipinski definition) is 8. The number of nitriles is 1. The van der Waals surface area contributed by atoms with Crippen LogP contribution in [0.2, 0.25) is 5.02 Å². The molecule has 0 saturated heterocycles. The summed E-state index contributed by atoms with van der Waals surface area (Å²) in [6, 6.07) is 28.7. The first-order valence-corrected chi connectivity index (χ1v) is 19.8. The molecule has 4 aromatic carbocycles. The highest BCUT2D eigenvalue weighted by Crippen LogP contribution is 2.37. The number of carboxylic acids is 1. The molecule has 1 fully saturated rings. The zero-order valence-electron chi connectivity index (χ0n) is 32.4. The SMILES string of the molecule is Cc1c(COc2cc(OCc3cncc(C#N)c3)c(CCC[C@@H](O)CC(=O)O)cc2Cl)cccc1-c1cccc(-c2ccc(CNC[C@@H]3CCC(=O)C3)cc2)c1C. The zero-order chi connectivity index (χ0) is 40.3. The highest BCUT2D eigenvalue weighted by atomic mass is 35.5. The Morgan fingerprint density at radius 2 is 1.67 bits per heavy atom. The lowest BCUT2D eigenvalue weighted by Crippen LogP contribution is -2.21. The van der Waals surface area contributed by atoms with E-state index in [1.54, 1.807) is 24.4 Å². The van der Waals surface area contributed by atoms with Crippen molar-refractivity contribution in [3.63, 3.8) is 0 Å². The van der Waals surface area contributed by atoms with Crippen molar-refractivity contribution in [1.82, 2.24) is 10.3 Å². The molecule has 0 bridgehead atoms. The first-order valence-electron chi connectivity index (χ1n) is 19.4. The van der Waals surface area contributed by atoms with E-state index in [4.69, 9.17) is 26.2 Å². The van der Waals surface area contributed by atoms with Gasteiger partial charge in [-0.1, -0.05) is 72.3 Å². The molecule has 2 atom stereocenters. The molecule has 0 spiro atoms. The number of hydrogen-bond donors (Lipinski definition) is 3. The van der Waals surface area contributed by atoms with Gasteiger partial charge in [0, 0.05) is 43.4 Å². The predicted octanol–water partition coefficient (Wildman–Crippen LogP) is 9.33. The number of ether oxygens (including phenoxy) is 2. The summed E-state index contributed by atoms with van der Waals surface area (Å²) in [6.07, 6.45) is 5.60. The van der Waals surface area contributed by atoms with Crippen molar-refractivity contribution in [1.29, 1.82) is 5.26 Å². The van der Waals surface area contributed by atoms with Gasteiger partial charge in [-0.15, -0.1) is 0 Å². The van der Waals surface area contributed by atoms with E-state index in [2.05, 4.69) is 78.7 Å². The molecule has 6 rings (SSSR count). The maximum atomic E-state index is 11.6. The van der Waals surface area contributed by atoms with Crippen molar-refractivity contribution in [2.24, 2.45) is 5.92 Å². The Morgan fingerprint density at radius 3 is 2.40 bits per heavy atom. The fourth-order valence-corrected chi connectivity index (χ4v) is 7.69. The van der Waals surface area contributed by atoms with E-state index in [9.17, 15) is 20.0 Å². The number of ketones is 1. The molecule has 1 heterocycles. The maximum absolute atomic E-state index is 11.6. The van der Waals surface area contributed by atoms with E-state index in [0.29, 0.717) is 65.9 Å². The molecule has 0 aliphatic heterocycles. The molecular formula is C47H48ClN3O6. The molecule has 1 saturated carbocycles. The van der Waals surface area contributed by atoms with Crippen molar-refractivity contribution in [3.05, 3.63) is 135 Å². The normalized spacial score (nSPS) is 14.3. The van der Waals surface area contributed by atoms with Gasteiger partial charge in [0.2, 0.25) is 0 Å². The summed E-state index contributed by atoms with van der Waals surface area (Å²) in [5.41, 5.74) is 11.0. The Hall–Kier alpha value is -5.53. The number of carbonyl (C=O) groups excluding carboxylic acids is 1. The minimum absolute atomic E-state index is 0.156. The molecule has 1 aliphatic rings. The monoisotopic (exact) mass is 785 g/mol. The summed E-state index contributed by atoms with van der Waals surface area (Å²) in [5, 5.41) is 32.4. The molecule has 1 aromatic heterocycles. The molecule has 10 heteroatoms. The zero-order valence-corrected chi connectivity index (χ0v) is 33.1. The number of aliphatic hydroxyl groups excluding tert-OH is 1. The molecular weight excluding hydrogens is 738 g/mol. The molecule has 0 radical (unpaired) electrons. The van der Waals surface area contributed by atoms with Crippen molar-refractivity contribution >= 4 is 23.4 Å². The second kappa shape index (κ2) is 19.6. The van der Waals surface area contributed by atoms with Gasteiger partial charge in [-0.05, 0) is 114 Å². The summed E-state index contributed by atoms with van der Waals surface area (Å²) in [4.78, 5) is 26.8. The largest absolute Gasteiger partial charge is 0.488 e. The van der Waals surface area contributed by atoms with Crippen molar-refractivity contribution in [2.45, 2.75) is 84.7 Å². The number of nitrogens with one attached hydrogen (secondary N) is 1. The maximum Gasteiger partial charge on any atom is 0.305 e. The van der Waals surface area contributed by atoms with Gasteiger partial charge in [-0.3, -0.25) is 14.6 Å². The van der Waals surface area contributed by atoms with Crippen LogP contribution in [0.4, 0.5) is 0 Å². The first-order chi connectivity index (χ1) is 27.6. The lowest BCUT2D eigenvalue weighted by atomic mass is 9.89. The van der Waals surface area contributed by atoms with Gasteiger partial charge in [0.1, 0.15) is 36.6 Å². The van der Waals surface area contributed by atoms with E-state index >= 15 is 0 Å². The summed E-state index contributed by atoms with van der Waals surface area (Å²) in [6.45, 7) is 6.33.